The van der Waals surface area contributed by atoms with Gasteiger partial charge in [0.25, 0.3) is 0 Å². The topological polar surface area (TPSA) is 46.2 Å². The van der Waals surface area contributed by atoms with Crippen molar-refractivity contribution in [1.82, 2.24) is 0 Å². The molecule has 3 N–H and O–H groups in total. The Morgan fingerprint density at radius 2 is 1.89 bits per heavy atom. The highest BCUT2D eigenvalue weighted by atomic mass is 35.5. The monoisotopic (exact) mass is 285 g/mol. The zero-order valence-electron chi connectivity index (χ0n) is 11.0. The van der Waals surface area contributed by atoms with Gasteiger partial charge >= 0.3 is 0 Å². The fraction of sp³-hybridized carbons (Fsp3) is 0.600. The van der Waals surface area contributed by atoms with Crippen LogP contribution >= 0.6 is 11.6 Å². The van der Waals surface area contributed by atoms with Gasteiger partial charge in [0.1, 0.15) is 5.82 Å². The Labute approximate surface area is 118 Å². The average molecular weight is 286 g/mol. The molecule has 2 nitrogen and oxygen atoms in total. The van der Waals surface area contributed by atoms with E-state index in [4.69, 9.17) is 17.3 Å². The summed E-state index contributed by atoms with van der Waals surface area (Å²) < 4.78 is 14.0. The molecule has 1 atom stereocenters. The number of aliphatic hydroxyl groups excluding tert-OH is 1. The fourth-order valence-corrected chi connectivity index (χ4v) is 3.23. The van der Waals surface area contributed by atoms with Crippen molar-refractivity contribution >= 4 is 11.6 Å². The predicted molar refractivity (Wildman–Crippen MR) is 75.6 cm³/mol. The quantitative estimate of drug-likeness (QED) is 0.830. The van der Waals surface area contributed by atoms with E-state index in [0.29, 0.717) is 17.1 Å². The number of rotatable bonds is 3. The molecule has 0 spiro atoms. The average Bonchev–Trinajstić information content (AvgIpc) is 2.64. The van der Waals surface area contributed by atoms with Crippen LogP contribution in [0, 0.1) is 11.2 Å². The summed E-state index contributed by atoms with van der Waals surface area (Å²) in [7, 11) is 0. The molecule has 0 amide bonds. The molecule has 1 aromatic carbocycles. The standard InChI is InChI=1S/C15H21ClFNO/c16-11-5-6-12(13(17)9-11)14(19)15(10-18)7-3-1-2-4-8-15/h5-6,9,14,19H,1-4,7-8,10,18H2. The SMILES string of the molecule is NCC1(C(O)c2ccc(Cl)cc2F)CCCCCC1. The second kappa shape index (κ2) is 6.21. The number of hydrogen-bond donors (Lipinski definition) is 2. The van der Waals surface area contributed by atoms with E-state index in [9.17, 15) is 9.50 Å². The molecule has 19 heavy (non-hydrogen) atoms. The summed E-state index contributed by atoms with van der Waals surface area (Å²) >= 11 is 5.76. The lowest BCUT2D eigenvalue weighted by Gasteiger charge is -2.36. The molecule has 1 aromatic rings. The van der Waals surface area contributed by atoms with E-state index in [1.54, 1.807) is 12.1 Å². The Kier molecular flexibility index (Phi) is 4.82. The van der Waals surface area contributed by atoms with Crippen molar-refractivity contribution in [3.63, 3.8) is 0 Å². The van der Waals surface area contributed by atoms with E-state index in [-0.39, 0.29) is 0 Å². The van der Waals surface area contributed by atoms with Crippen LogP contribution in [0.2, 0.25) is 5.02 Å². The van der Waals surface area contributed by atoms with Gasteiger partial charge in [0.05, 0.1) is 6.10 Å². The Bertz CT molecular complexity index is 430. The van der Waals surface area contributed by atoms with Gasteiger partial charge < -0.3 is 10.8 Å². The van der Waals surface area contributed by atoms with E-state index in [2.05, 4.69) is 0 Å². The highest BCUT2D eigenvalue weighted by molar-refractivity contribution is 6.30. The minimum absolute atomic E-state index is 0.316. The van der Waals surface area contributed by atoms with E-state index < -0.39 is 17.3 Å². The van der Waals surface area contributed by atoms with Crippen LogP contribution in [0.15, 0.2) is 18.2 Å². The third kappa shape index (κ3) is 3.10. The Balaban J connectivity index is 2.31. The van der Waals surface area contributed by atoms with Crippen LogP contribution in [-0.4, -0.2) is 11.7 Å². The molecular weight excluding hydrogens is 265 g/mol. The molecule has 0 bridgehead atoms. The summed E-state index contributed by atoms with van der Waals surface area (Å²) in [6, 6.07) is 4.44. The maximum Gasteiger partial charge on any atom is 0.130 e. The van der Waals surface area contributed by atoms with Gasteiger partial charge in [0.15, 0.2) is 0 Å². The van der Waals surface area contributed by atoms with E-state index in [0.717, 1.165) is 38.5 Å². The van der Waals surface area contributed by atoms with Gasteiger partial charge in [-0.3, -0.25) is 0 Å². The molecule has 1 saturated carbocycles. The lowest BCUT2D eigenvalue weighted by Crippen LogP contribution is -2.36. The van der Waals surface area contributed by atoms with Crippen LogP contribution in [0.3, 0.4) is 0 Å². The molecule has 1 aliphatic carbocycles. The first-order chi connectivity index (χ1) is 9.09. The van der Waals surface area contributed by atoms with Crippen LogP contribution in [-0.2, 0) is 0 Å². The fourth-order valence-electron chi connectivity index (χ4n) is 3.07. The molecule has 1 unspecified atom stereocenters. The van der Waals surface area contributed by atoms with Crippen LogP contribution < -0.4 is 5.73 Å². The van der Waals surface area contributed by atoms with Gasteiger partial charge in [-0.1, -0.05) is 43.4 Å². The van der Waals surface area contributed by atoms with Crippen molar-refractivity contribution < 1.29 is 9.50 Å². The van der Waals surface area contributed by atoms with Gasteiger partial charge in [-0.15, -0.1) is 0 Å². The second-order valence-electron chi connectivity index (χ2n) is 5.55. The van der Waals surface area contributed by atoms with Crippen molar-refractivity contribution in [1.29, 1.82) is 0 Å². The Morgan fingerprint density at radius 1 is 1.26 bits per heavy atom. The van der Waals surface area contributed by atoms with Crippen molar-refractivity contribution in [2.45, 2.75) is 44.6 Å². The zero-order valence-corrected chi connectivity index (χ0v) is 11.8. The third-order valence-electron chi connectivity index (χ3n) is 4.34. The lowest BCUT2D eigenvalue weighted by atomic mass is 9.73. The van der Waals surface area contributed by atoms with Gasteiger partial charge in [0, 0.05) is 22.5 Å². The minimum atomic E-state index is -0.854. The smallest absolute Gasteiger partial charge is 0.130 e. The first kappa shape index (κ1) is 14.8. The van der Waals surface area contributed by atoms with Crippen LogP contribution in [0.5, 0.6) is 0 Å². The molecule has 4 heteroatoms. The molecule has 1 aliphatic rings. The summed E-state index contributed by atoms with van der Waals surface area (Å²) in [4.78, 5) is 0. The van der Waals surface area contributed by atoms with E-state index in [1.807, 2.05) is 0 Å². The summed E-state index contributed by atoms with van der Waals surface area (Å²) in [5.41, 5.74) is 5.84. The molecule has 0 aliphatic heterocycles. The van der Waals surface area contributed by atoms with Gasteiger partial charge in [0.2, 0.25) is 0 Å². The molecule has 0 heterocycles. The van der Waals surface area contributed by atoms with Crippen molar-refractivity contribution in [2.75, 3.05) is 6.54 Å². The lowest BCUT2D eigenvalue weighted by molar-refractivity contribution is 0.0142. The molecular formula is C15H21ClFNO. The summed E-state index contributed by atoms with van der Waals surface area (Å²) in [5, 5.41) is 11.0. The normalized spacial score (nSPS) is 20.8. The van der Waals surface area contributed by atoms with Crippen molar-refractivity contribution in [2.24, 2.45) is 11.1 Å². The van der Waals surface area contributed by atoms with E-state index >= 15 is 0 Å². The van der Waals surface area contributed by atoms with Gasteiger partial charge in [-0.25, -0.2) is 4.39 Å². The number of hydrogen-bond acceptors (Lipinski definition) is 2. The molecule has 2 rings (SSSR count). The van der Waals surface area contributed by atoms with Crippen LogP contribution in [0.4, 0.5) is 4.39 Å². The molecule has 0 saturated heterocycles. The first-order valence-corrected chi connectivity index (χ1v) is 7.30. The minimum Gasteiger partial charge on any atom is -0.388 e. The predicted octanol–water partition coefficient (Wildman–Crippen LogP) is 3.81. The van der Waals surface area contributed by atoms with Gasteiger partial charge in [-0.2, -0.15) is 0 Å². The maximum atomic E-state index is 14.0. The van der Waals surface area contributed by atoms with Crippen LogP contribution in [0.1, 0.15) is 50.2 Å². The van der Waals surface area contributed by atoms with Crippen LogP contribution in [0.25, 0.3) is 0 Å². The molecule has 1 fully saturated rings. The first-order valence-electron chi connectivity index (χ1n) is 6.92. The Morgan fingerprint density at radius 3 is 2.42 bits per heavy atom. The van der Waals surface area contributed by atoms with Crippen molar-refractivity contribution in [3.8, 4) is 0 Å². The third-order valence-corrected chi connectivity index (χ3v) is 4.58. The number of nitrogens with two attached hydrogens (primary N) is 1. The second-order valence-corrected chi connectivity index (χ2v) is 5.99. The zero-order chi connectivity index (χ0) is 13.9. The summed E-state index contributed by atoms with van der Waals surface area (Å²) in [5.74, 6) is -0.447. The molecule has 0 radical (unpaired) electrons. The molecule has 0 aromatic heterocycles. The maximum absolute atomic E-state index is 14.0. The number of benzene rings is 1. The molecule has 106 valence electrons. The Hall–Kier alpha value is -0.640. The summed E-state index contributed by atoms with van der Waals surface area (Å²) in [6.07, 6.45) is 5.27. The largest absolute Gasteiger partial charge is 0.388 e. The van der Waals surface area contributed by atoms with Crippen molar-refractivity contribution in [3.05, 3.63) is 34.6 Å². The van der Waals surface area contributed by atoms with E-state index in [1.165, 1.54) is 6.07 Å². The highest BCUT2D eigenvalue weighted by Crippen LogP contribution is 2.45. The number of aliphatic hydroxyl groups is 1. The van der Waals surface area contributed by atoms with Gasteiger partial charge in [-0.05, 0) is 25.0 Å². The number of halogens is 2. The highest BCUT2D eigenvalue weighted by Gasteiger charge is 2.38. The summed E-state index contributed by atoms with van der Waals surface area (Å²) in [6.45, 7) is 0.385.